The lowest BCUT2D eigenvalue weighted by Crippen LogP contribution is -2.33. The van der Waals surface area contributed by atoms with Gasteiger partial charge in [0.2, 0.25) is 5.91 Å². The van der Waals surface area contributed by atoms with Gasteiger partial charge < -0.3 is 19.4 Å². The number of benzene rings is 1. The zero-order chi connectivity index (χ0) is 16.7. The third-order valence-electron chi connectivity index (χ3n) is 3.51. The van der Waals surface area contributed by atoms with Gasteiger partial charge in [0, 0.05) is 12.6 Å². The number of ether oxygens (including phenoxy) is 1. The maximum Gasteiger partial charge on any atom is 0.244 e. The first-order valence-corrected chi connectivity index (χ1v) is 7.40. The van der Waals surface area contributed by atoms with E-state index in [4.69, 9.17) is 9.15 Å². The van der Waals surface area contributed by atoms with E-state index in [-0.39, 0.29) is 11.9 Å². The molecule has 0 radical (unpaired) electrons. The number of nitrogens with one attached hydrogen (secondary N) is 1. The highest BCUT2D eigenvalue weighted by atomic mass is 16.5. The molecule has 0 aliphatic heterocycles. The van der Waals surface area contributed by atoms with E-state index in [0.717, 1.165) is 11.3 Å². The fourth-order valence-electron chi connectivity index (χ4n) is 2.25. The minimum Gasteiger partial charge on any atom is -0.497 e. The summed E-state index contributed by atoms with van der Waals surface area (Å²) in [6, 6.07) is 11.5. The molecule has 1 aromatic heterocycles. The molecule has 0 aliphatic carbocycles. The van der Waals surface area contributed by atoms with Crippen LogP contribution in [0.3, 0.4) is 0 Å². The highest BCUT2D eigenvalue weighted by molar-refractivity contribution is 5.91. The monoisotopic (exact) mass is 314 g/mol. The highest BCUT2D eigenvalue weighted by Gasteiger charge is 2.15. The Kier molecular flexibility index (Phi) is 6.00. The largest absolute Gasteiger partial charge is 0.497 e. The molecule has 2 rings (SSSR count). The van der Waals surface area contributed by atoms with Gasteiger partial charge in [-0.1, -0.05) is 12.1 Å². The van der Waals surface area contributed by atoms with Crippen molar-refractivity contribution in [2.45, 2.75) is 6.04 Å². The molecule has 0 fully saturated rings. The van der Waals surface area contributed by atoms with Crippen LogP contribution in [-0.2, 0) is 4.79 Å². The lowest BCUT2D eigenvalue weighted by atomic mass is 10.1. The van der Waals surface area contributed by atoms with Gasteiger partial charge in [-0.25, -0.2) is 0 Å². The topological polar surface area (TPSA) is 54.7 Å². The van der Waals surface area contributed by atoms with Gasteiger partial charge in [0.25, 0.3) is 0 Å². The van der Waals surface area contributed by atoms with Gasteiger partial charge in [0.15, 0.2) is 0 Å². The number of likely N-dealkylation sites (N-methyl/N-ethyl adjacent to an activating group) is 1. The van der Waals surface area contributed by atoms with Crippen LogP contribution in [0, 0.1) is 0 Å². The predicted molar refractivity (Wildman–Crippen MR) is 90.2 cm³/mol. The second kappa shape index (κ2) is 8.19. The van der Waals surface area contributed by atoms with Crippen LogP contribution in [0.15, 0.2) is 53.2 Å². The van der Waals surface area contributed by atoms with Gasteiger partial charge >= 0.3 is 0 Å². The number of rotatable bonds is 7. The summed E-state index contributed by atoms with van der Waals surface area (Å²) >= 11 is 0. The summed E-state index contributed by atoms with van der Waals surface area (Å²) in [5.74, 6) is 1.30. The summed E-state index contributed by atoms with van der Waals surface area (Å²) in [6.45, 7) is 0.501. The third-order valence-corrected chi connectivity index (χ3v) is 3.51. The molecule has 2 aromatic rings. The van der Waals surface area contributed by atoms with Crippen LogP contribution in [-0.4, -0.2) is 38.6 Å². The molecule has 0 saturated heterocycles. The summed E-state index contributed by atoms with van der Waals surface area (Å²) in [5, 5.41) is 2.91. The lowest BCUT2D eigenvalue weighted by Gasteiger charge is -2.25. The van der Waals surface area contributed by atoms with Crippen LogP contribution in [0.1, 0.15) is 17.4 Å². The van der Waals surface area contributed by atoms with E-state index in [1.165, 1.54) is 6.08 Å². The molecule has 0 saturated carbocycles. The first-order valence-electron chi connectivity index (χ1n) is 7.40. The van der Waals surface area contributed by atoms with Crippen LogP contribution in [0.25, 0.3) is 6.08 Å². The number of hydrogen-bond acceptors (Lipinski definition) is 4. The average molecular weight is 314 g/mol. The van der Waals surface area contributed by atoms with Crippen molar-refractivity contribution in [2.24, 2.45) is 0 Å². The Hall–Kier alpha value is -2.53. The van der Waals surface area contributed by atoms with Gasteiger partial charge in [0.1, 0.15) is 11.5 Å². The fraction of sp³-hybridized carbons (Fsp3) is 0.278. The van der Waals surface area contributed by atoms with E-state index >= 15 is 0 Å². The molecule has 0 aliphatic rings. The minimum atomic E-state index is -0.156. The Morgan fingerprint density at radius 2 is 2.17 bits per heavy atom. The molecular weight excluding hydrogens is 292 g/mol. The summed E-state index contributed by atoms with van der Waals surface area (Å²) in [5.41, 5.74) is 1.09. The highest BCUT2D eigenvalue weighted by Crippen LogP contribution is 2.22. The Morgan fingerprint density at radius 1 is 1.35 bits per heavy atom. The standard InChI is InChI=1S/C18H22N2O3/c1-20(2)17(14-6-4-7-16(12-14)22-3)13-19-18(21)10-9-15-8-5-11-23-15/h4-12,17H,13H2,1-3H3,(H,19,21)/b10-9-/t17-/m1/s1. The van der Waals surface area contributed by atoms with Crippen molar-refractivity contribution in [1.29, 1.82) is 0 Å². The molecule has 1 heterocycles. The zero-order valence-corrected chi connectivity index (χ0v) is 13.7. The maximum absolute atomic E-state index is 11.9. The molecule has 5 heteroatoms. The van der Waals surface area contributed by atoms with Crippen molar-refractivity contribution >= 4 is 12.0 Å². The second-order valence-electron chi connectivity index (χ2n) is 5.35. The van der Waals surface area contributed by atoms with Crippen LogP contribution < -0.4 is 10.1 Å². The fourth-order valence-corrected chi connectivity index (χ4v) is 2.25. The molecule has 23 heavy (non-hydrogen) atoms. The van der Waals surface area contributed by atoms with Gasteiger partial charge in [0.05, 0.1) is 19.4 Å². The molecule has 1 atom stereocenters. The number of hydrogen-bond donors (Lipinski definition) is 1. The Morgan fingerprint density at radius 3 is 2.83 bits per heavy atom. The van der Waals surface area contributed by atoms with E-state index in [2.05, 4.69) is 10.2 Å². The SMILES string of the molecule is COc1cccc([C@@H](CNC(=O)/C=C\c2ccco2)N(C)C)c1. The molecular formula is C18H22N2O3. The summed E-state index contributed by atoms with van der Waals surface area (Å²) in [6.07, 6.45) is 4.69. The van der Waals surface area contributed by atoms with Crippen molar-refractivity contribution < 1.29 is 13.9 Å². The second-order valence-corrected chi connectivity index (χ2v) is 5.35. The Labute approximate surface area is 136 Å². The summed E-state index contributed by atoms with van der Waals surface area (Å²) in [4.78, 5) is 14.0. The van der Waals surface area contributed by atoms with Crippen LogP contribution in [0.2, 0.25) is 0 Å². The smallest absolute Gasteiger partial charge is 0.244 e. The quantitative estimate of drug-likeness (QED) is 0.798. The van der Waals surface area contributed by atoms with Crippen molar-refractivity contribution in [3.05, 3.63) is 60.1 Å². The first-order chi connectivity index (χ1) is 11.1. The normalized spacial score (nSPS) is 12.5. The van der Waals surface area contributed by atoms with Crippen LogP contribution in [0.4, 0.5) is 0 Å². The van der Waals surface area contributed by atoms with E-state index in [1.807, 2.05) is 38.4 Å². The number of furan rings is 1. The van der Waals surface area contributed by atoms with E-state index in [9.17, 15) is 4.79 Å². The zero-order valence-electron chi connectivity index (χ0n) is 13.7. The summed E-state index contributed by atoms with van der Waals surface area (Å²) in [7, 11) is 5.61. The van der Waals surface area contributed by atoms with E-state index < -0.39 is 0 Å². The number of amides is 1. The minimum absolute atomic E-state index is 0.0612. The van der Waals surface area contributed by atoms with Crippen molar-refractivity contribution in [1.82, 2.24) is 10.2 Å². The van der Waals surface area contributed by atoms with Crippen LogP contribution >= 0.6 is 0 Å². The lowest BCUT2D eigenvalue weighted by molar-refractivity contribution is -0.116. The molecule has 1 N–H and O–H groups in total. The number of carbonyl (C=O) groups excluding carboxylic acids is 1. The van der Waals surface area contributed by atoms with Gasteiger partial charge in [-0.05, 0) is 50.0 Å². The van der Waals surface area contributed by atoms with Crippen molar-refractivity contribution in [3.8, 4) is 5.75 Å². The van der Waals surface area contributed by atoms with Crippen molar-refractivity contribution in [2.75, 3.05) is 27.7 Å². The van der Waals surface area contributed by atoms with E-state index in [1.54, 1.807) is 31.6 Å². The Balaban J connectivity index is 1.98. The molecule has 0 unspecified atom stereocenters. The molecule has 1 aromatic carbocycles. The Bertz CT molecular complexity index is 648. The molecule has 1 amide bonds. The molecule has 5 nitrogen and oxygen atoms in total. The first kappa shape index (κ1) is 16.8. The van der Waals surface area contributed by atoms with Gasteiger partial charge in [-0.15, -0.1) is 0 Å². The third kappa shape index (κ3) is 5.00. The molecule has 0 bridgehead atoms. The number of methoxy groups -OCH3 is 1. The predicted octanol–water partition coefficient (Wildman–Crippen LogP) is 2.72. The van der Waals surface area contributed by atoms with Crippen molar-refractivity contribution in [3.63, 3.8) is 0 Å². The number of carbonyl (C=O) groups is 1. The molecule has 122 valence electrons. The average Bonchev–Trinajstić information content (AvgIpc) is 3.06. The number of nitrogens with zero attached hydrogens (tertiary/aromatic N) is 1. The van der Waals surface area contributed by atoms with Gasteiger partial charge in [-0.3, -0.25) is 4.79 Å². The molecule has 0 spiro atoms. The van der Waals surface area contributed by atoms with E-state index in [0.29, 0.717) is 12.3 Å². The van der Waals surface area contributed by atoms with Crippen LogP contribution in [0.5, 0.6) is 5.75 Å². The summed E-state index contributed by atoms with van der Waals surface area (Å²) < 4.78 is 10.4. The maximum atomic E-state index is 11.9. The van der Waals surface area contributed by atoms with Gasteiger partial charge in [-0.2, -0.15) is 0 Å².